The summed E-state index contributed by atoms with van der Waals surface area (Å²) in [4.78, 5) is 12.5. The molecule has 0 spiro atoms. The molecule has 2 aromatic carbocycles. The molecule has 0 radical (unpaired) electrons. The van der Waals surface area contributed by atoms with E-state index in [1.807, 2.05) is 6.92 Å². The lowest BCUT2D eigenvalue weighted by atomic mass is 9.73. The van der Waals surface area contributed by atoms with Crippen molar-refractivity contribution in [2.75, 3.05) is 0 Å². The third kappa shape index (κ3) is 5.62. The Balaban J connectivity index is 1.64. The number of amides is 1. The lowest BCUT2D eigenvalue weighted by Crippen LogP contribution is -2.47. The fourth-order valence-electron chi connectivity index (χ4n) is 5.82. The molecule has 0 aromatic heterocycles. The van der Waals surface area contributed by atoms with Gasteiger partial charge in [-0.05, 0) is 80.5 Å². The van der Waals surface area contributed by atoms with Gasteiger partial charge in [0.25, 0.3) is 0 Å². The first-order valence-electron chi connectivity index (χ1n) is 11.8. The van der Waals surface area contributed by atoms with Crippen molar-refractivity contribution in [1.82, 2.24) is 5.32 Å². The molecule has 2 aliphatic rings. The zero-order valence-electron chi connectivity index (χ0n) is 20.1. The summed E-state index contributed by atoms with van der Waals surface area (Å²) in [5.74, 6) is -1.41. The Morgan fingerprint density at radius 3 is 2.03 bits per heavy atom. The number of carbonyl (C=O) groups is 1. The van der Waals surface area contributed by atoms with Crippen LogP contribution in [0.1, 0.15) is 61.3 Å². The third-order valence-corrected chi connectivity index (χ3v) is 7.43. The summed E-state index contributed by atoms with van der Waals surface area (Å²) in [7, 11) is 0. The van der Waals surface area contributed by atoms with Crippen LogP contribution in [0.5, 0.6) is 0 Å². The zero-order chi connectivity index (χ0) is 27.4. The van der Waals surface area contributed by atoms with Crippen molar-refractivity contribution in [1.29, 1.82) is 0 Å². The molecule has 2 aromatic rings. The normalized spacial score (nSPS) is 30.5. The van der Waals surface area contributed by atoms with E-state index in [1.165, 1.54) is 12.1 Å². The average molecular weight is 533 g/mol. The van der Waals surface area contributed by atoms with Gasteiger partial charge in [-0.15, -0.1) is 0 Å². The second-order valence-corrected chi connectivity index (χ2v) is 10.5. The Hall–Kier alpha value is -2.66. The van der Waals surface area contributed by atoms with Crippen LogP contribution in [0.25, 0.3) is 0 Å². The van der Waals surface area contributed by atoms with Crippen molar-refractivity contribution in [3.8, 4) is 0 Å². The molecule has 1 aliphatic carbocycles. The van der Waals surface area contributed by atoms with Gasteiger partial charge >= 0.3 is 12.4 Å². The van der Waals surface area contributed by atoms with E-state index < -0.39 is 59.0 Å². The van der Waals surface area contributed by atoms with Crippen LogP contribution in [0, 0.1) is 11.7 Å². The Labute approximate surface area is 209 Å². The van der Waals surface area contributed by atoms with Crippen LogP contribution in [0.4, 0.5) is 30.7 Å². The molecular formula is C26H27F7N2O2. The van der Waals surface area contributed by atoms with Gasteiger partial charge in [0, 0.05) is 11.5 Å². The summed E-state index contributed by atoms with van der Waals surface area (Å²) in [6, 6.07) is 7.05. The molecule has 202 valence electrons. The first-order valence-corrected chi connectivity index (χ1v) is 11.8. The van der Waals surface area contributed by atoms with Gasteiger partial charge in [-0.25, -0.2) is 4.39 Å². The third-order valence-electron chi connectivity index (χ3n) is 7.43. The van der Waals surface area contributed by atoms with Gasteiger partial charge in [0.2, 0.25) is 5.91 Å². The molecule has 1 amide bonds. The van der Waals surface area contributed by atoms with Crippen LogP contribution in [0.3, 0.4) is 0 Å². The fraction of sp³-hybridized carbons (Fsp3) is 0.500. The Bertz CT molecular complexity index is 1130. The summed E-state index contributed by atoms with van der Waals surface area (Å²) in [5.41, 5.74) is 1.91. The Morgan fingerprint density at radius 2 is 1.54 bits per heavy atom. The quantitative estimate of drug-likeness (QED) is 0.469. The number of carbonyl (C=O) groups excluding carboxylic acids is 1. The van der Waals surface area contributed by atoms with E-state index in [9.17, 15) is 35.5 Å². The van der Waals surface area contributed by atoms with E-state index in [0.717, 1.165) is 0 Å². The largest absolute Gasteiger partial charge is 0.416 e. The lowest BCUT2D eigenvalue weighted by molar-refractivity contribution is -0.143. The number of hydrogen-bond donors (Lipinski definition) is 2. The number of hydrogen-bond acceptors (Lipinski definition) is 3. The van der Waals surface area contributed by atoms with Gasteiger partial charge in [-0.3, -0.25) is 4.79 Å². The topological polar surface area (TPSA) is 64.3 Å². The predicted molar refractivity (Wildman–Crippen MR) is 121 cm³/mol. The standard InChI is InChI=1S/C26H27F7N2O2/c1-23(34)13-24(2,35-22(23)36)19-7-8-20(21(19)15-3-5-18(27)6-4-15)37-12-14-9-16(25(28,29)30)11-17(10-14)26(31,32)33/h3-6,9-11,19-21H,7-8,12-13,34H2,1-2H3,(H,35,36)/t19-,20+,21+,23-,24+/m1/s1. The highest BCUT2D eigenvalue weighted by Gasteiger charge is 2.55. The van der Waals surface area contributed by atoms with Gasteiger partial charge < -0.3 is 15.8 Å². The van der Waals surface area contributed by atoms with E-state index >= 15 is 0 Å². The molecule has 1 saturated carbocycles. The molecule has 4 rings (SSSR count). The molecule has 3 N–H and O–H groups in total. The minimum atomic E-state index is -4.96. The van der Waals surface area contributed by atoms with Gasteiger partial charge in [-0.2, -0.15) is 26.3 Å². The highest BCUT2D eigenvalue weighted by molar-refractivity contribution is 5.89. The number of nitrogens with two attached hydrogens (primary N) is 1. The molecule has 0 bridgehead atoms. The van der Waals surface area contributed by atoms with Crippen LogP contribution in [0.2, 0.25) is 0 Å². The highest BCUT2D eigenvalue weighted by atomic mass is 19.4. The van der Waals surface area contributed by atoms with Crippen LogP contribution < -0.4 is 11.1 Å². The SMILES string of the molecule is C[C@@]1(N)C[C@@](C)([C@@H]2CC[C@H](OCc3cc(C(F)(F)F)cc(C(F)(F)F)c3)[C@H]2c2ccc(F)cc2)NC1=O. The number of benzene rings is 2. The second kappa shape index (κ2) is 9.27. The molecular weight excluding hydrogens is 505 g/mol. The summed E-state index contributed by atoms with van der Waals surface area (Å²) < 4.78 is 99.2. The molecule has 11 heteroatoms. The van der Waals surface area contributed by atoms with E-state index in [1.54, 1.807) is 19.1 Å². The first-order chi connectivity index (χ1) is 17.0. The van der Waals surface area contributed by atoms with Gasteiger partial charge in [-0.1, -0.05) is 12.1 Å². The molecule has 4 nitrogen and oxygen atoms in total. The Kier molecular flexibility index (Phi) is 6.86. The molecule has 1 saturated heterocycles. The number of rotatable bonds is 5. The average Bonchev–Trinajstić information content (AvgIpc) is 3.30. The van der Waals surface area contributed by atoms with Crippen molar-refractivity contribution in [2.24, 2.45) is 11.7 Å². The van der Waals surface area contributed by atoms with Gasteiger partial charge in [0.05, 0.1) is 29.4 Å². The van der Waals surface area contributed by atoms with Gasteiger partial charge in [0.15, 0.2) is 0 Å². The maximum absolute atomic E-state index is 13.6. The number of alkyl halides is 6. The fourth-order valence-corrected chi connectivity index (χ4v) is 5.82. The van der Waals surface area contributed by atoms with Crippen molar-refractivity contribution in [2.45, 2.75) is 75.2 Å². The molecule has 37 heavy (non-hydrogen) atoms. The smallest absolute Gasteiger partial charge is 0.373 e. The van der Waals surface area contributed by atoms with E-state index in [-0.39, 0.29) is 23.5 Å². The zero-order valence-corrected chi connectivity index (χ0v) is 20.1. The summed E-state index contributed by atoms with van der Waals surface area (Å²) in [6.45, 7) is 2.99. The number of halogens is 7. The summed E-state index contributed by atoms with van der Waals surface area (Å²) in [6.07, 6.45) is -9.22. The van der Waals surface area contributed by atoms with Gasteiger partial charge in [0.1, 0.15) is 5.82 Å². The lowest BCUT2D eigenvalue weighted by Gasteiger charge is -2.37. The summed E-state index contributed by atoms with van der Waals surface area (Å²) >= 11 is 0. The minimum Gasteiger partial charge on any atom is -0.373 e. The van der Waals surface area contributed by atoms with Crippen molar-refractivity contribution in [3.05, 3.63) is 70.5 Å². The maximum atomic E-state index is 13.6. The van der Waals surface area contributed by atoms with Crippen molar-refractivity contribution >= 4 is 5.91 Å². The highest BCUT2D eigenvalue weighted by Crippen LogP contribution is 2.50. The first kappa shape index (κ1) is 27.4. The Morgan fingerprint density at radius 1 is 0.973 bits per heavy atom. The van der Waals surface area contributed by atoms with E-state index in [4.69, 9.17) is 10.5 Å². The van der Waals surface area contributed by atoms with E-state index in [2.05, 4.69) is 5.32 Å². The second-order valence-electron chi connectivity index (χ2n) is 10.5. The maximum Gasteiger partial charge on any atom is 0.416 e. The molecule has 1 heterocycles. The van der Waals surface area contributed by atoms with Crippen molar-refractivity contribution in [3.63, 3.8) is 0 Å². The van der Waals surface area contributed by atoms with Crippen LogP contribution >= 0.6 is 0 Å². The molecule has 2 fully saturated rings. The summed E-state index contributed by atoms with van der Waals surface area (Å²) in [5, 5.41) is 2.97. The molecule has 1 aliphatic heterocycles. The number of nitrogens with one attached hydrogen (secondary N) is 1. The van der Waals surface area contributed by atoms with Crippen LogP contribution in [0.15, 0.2) is 42.5 Å². The predicted octanol–water partition coefficient (Wildman–Crippen LogP) is 5.94. The monoisotopic (exact) mass is 532 g/mol. The minimum absolute atomic E-state index is 0.0733. The van der Waals surface area contributed by atoms with Crippen LogP contribution in [-0.2, 0) is 28.5 Å². The molecule has 0 unspecified atom stereocenters. The van der Waals surface area contributed by atoms with Crippen molar-refractivity contribution < 1.29 is 40.3 Å². The number of ether oxygens (including phenoxy) is 1. The van der Waals surface area contributed by atoms with E-state index in [0.29, 0.717) is 37.0 Å². The van der Waals surface area contributed by atoms with Crippen LogP contribution in [-0.4, -0.2) is 23.1 Å². The molecule has 5 atom stereocenters.